The number of nitrogens with one attached hydrogen (secondary N) is 1. The van der Waals surface area contributed by atoms with E-state index in [9.17, 15) is 4.79 Å². The molecule has 1 aromatic carbocycles. The normalized spacial score (nSPS) is 15.2. The van der Waals surface area contributed by atoms with E-state index in [0.29, 0.717) is 23.1 Å². The van der Waals surface area contributed by atoms with Crippen molar-refractivity contribution in [2.24, 2.45) is 0 Å². The largest absolute Gasteiger partial charge is 0.489 e. The van der Waals surface area contributed by atoms with Crippen LogP contribution in [-0.2, 0) is 0 Å². The highest BCUT2D eigenvalue weighted by atomic mass is 16.5. The lowest BCUT2D eigenvalue weighted by Gasteiger charge is -2.32. The second-order valence-electron chi connectivity index (χ2n) is 6.65. The number of benzene rings is 1. The molecule has 7 nitrogen and oxygen atoms in total. The fourth-order valence-electron chi connectivity index (χ4n) is 2.75. The van der Waals surface area contributed by atoms with Crippen LogP contribution in [0.15, 0.2) is 36.5 Å². The number of carbonyl (C=O) groups excluding carboxylic acids is 1. The topological polar surface area (TPSA) is 70.6 Å². The molecule has 7 heteroatoms. The summed E-state index contributed by atoms with van der Waals surface area (Å²) in [5.74, 6) is 0.962. The molecule has 1 fully saturated rings. The molecule has 1 N–H and O–H groups in total. The number of aromatic nitrogens is 2. The molecule has 1 aliphatic heterocycles. The van der Waals surface area contributed by atoms with Gasteiger partial charge in [0.1, 0.15) is 11.4 Å². The highest BCUT2D eigenvalue weighted by Crippen LogP contribution is 2.25. The van der Waals surface area contributed by atoms with Crippen LogP contribution in [0.2, 0.25) is 0 Å². The van der Waals surface area contributed by atoms with Crippen LogP contribution in [0.5, 0.6) is 5.75 Å². The standard InChI is InChI=1S/C19H25N5O2/c1-14(2)26-17-7-5-4-6-15(17)21-18(25)16-8-9-20-19(22-16)24-12-10-23(3)11-13-24/h4-9,14H,10-13H2,1-3H3,(H,21,25). The predicted octanol–water partition coefficient (Wildman–Crippen LogP) is 2.27. The number of anilines is 2. The number of para-hydroxylation sites is 2. The maximum Gasteiger partial charge on any atom is 0.274 e. The first-order chi connectivity index (χ1) is 12.5. The predicted molar refractivity (Wildman–Crippen MR) is 102 cm³/mol. The van der Waals surface area contributed by atoms with Crippen LogP contribution >= 0.6 is 0 Å². The quantitative estimate of drug-likeness (QED) is 0.887. The van der Waals surface area contributed by atoms with Gasteiger partial charge in [-0.25, -0.2) is 9.97 Å². The van der Waals surface area contributed by atoms with Gasteiger partial charge in [-0.05, 0) is 39.1 Å². The Morgan fingerprint density at radius 3 is 2.62 bits per heavy atom. The third kappa shape index (κ3) is 4.49. The number of ether oxygens (including phenoxy) is 1. The van der Waals surface area contributed by atoms with Crippen molar-refractivity contribution >= 4 is 17.5 Å². The zero-order valence-corrected chi connectivity index (χ0v) is 15.5. The summed E-state index contributed by atoms with van der Waals surface area (Å²) in [5.41, 5.74) is 0.972. The molecule has 1 aliphatic rings. The Kier molecular flexibility index (Phi) is 5.68. The van der Waals surface area contributed by atoms with Gasteiger partial charge in [0.05, 0.1) is 11.8 Å². The van der Waals surface area contributed by atoms with Crippen molar-refractivity contribution in [3.05, 3.63) is 42.2 Å². The molecule has 0 aliphatic carbocycles. The summed E-state index contributed by atoms with van der Waals surface area (Å²) in [7, 11) is 2.10. The molecule has 0 saturated carbocycles. The van der Waals surface area contributed by atoms with Gasteiger partial charge >= 0.3 is 0 Å². The Bertz CT molecular complexity index is 757. The Hall–Kier alpha value is -2.67. The van der Waals surface area contributed by atoms with Crippen molar-refractivity contribution in [2.75, 3.05) is 43.4 Å². The zero-order valence-electron chi connectivity index (χ0n) is 15.5. The minimum absolute atomic E-state index is 0.0240. The van der Waals surface area contributed by atoms with Gasteiger partial charge in [-0.3, -0.25) is 4.79 Å². The van der Waals surface area contributed by atoms with E-state index in [1.54, 1.807) is 12.3 Å². The van der Waals surface area contributed by atoms with E-state index >= 15 is 0 Å². The first-order valence-corrected chi connectivity index (χ1v) is 8.86. The number of rotatable bonds is 5. The number of carbonyl (C=O) groups is 1. The zero-order chi connectivity index (χ0) is 18.5. The van der Waals surface area contributed by atoms with Gasteiger partial charge in [0.15, 0.2) is 0 Å². The van der Waals surface area contributed by atoms with Crippen LogP contribution < -0.4 is 15.0 Å². The van der Waals surface area contributed by atoms with E-state index in [4.69, 9.17) is 4.74 Å². The molecular formula is C19H25N5O2. The van der Waals surface area contributed by atoms with Gasteiger partial charge in [0, 0.05) is 32.4 Å². The summed E-state index contributed by atoms with van der Waals surface area (Å²) >= 11 is 0. The second kappa shape index (κ2) is 8.14. The van der Waals surface area contributed by atoms with E-state index in [1.165, 1.54) is 0 Å². The molecule has 2 aromatic rings. The summed E-state index contributed by atoms with van der Waals surface area (Å²) in [6.07, 6.45) is 1.66. The molecule has 2 heterocycles. The molecular weight excluding hydrogens is 330 g/mol. The highest BCUT2D eigenvalue weighted by molar-refractivity contribution is 6.03. The van der Waals surface area contributed by atoms with Crippen LogP contribution in [0.25, 0.3) is 0 Å². The molecule has 0 atom stereocenters. The van der Waals surface area contributed by atoms with E-state index in [0.717, 1.165) is 26.2 Å². The molecule has 1 aromatic heterocycles. The number of amides is 1. The molecule has 0 spiro atoms. The van der Waals surface area contributed by atoms with E-state index in [1.807, 2.05) is 38.1 Å². The minimum atomic E-state index is -0.275. The lowest BCUT2D eigenvalue weighted by Crippen LogP contribution is -2.45. The molecule has 3 rings (SSSR count). The smallest absolute Gasteiger partial charge is 0.274 e. The highest BCUT2D eigenvalue weighted by Gasteiger charge is 2.18. The number of nitrogens with zero attached hydrogens (tertiary/aromatic N) is 4. The van der Waals surface area contributed by atoms with Crippen LogP contribution in [0, 0.1) is 0 Å². The molecule has 1 saturated heterocycles. The fraction of sp³-hybridized carbons (Fsp3) is 0.421. The van der Waals surface area contributed by atoms with Gasteiger partial charge in [-0.1, -0.05) is 12.1 Å². The number of hydrogen-bond acceptors (Lipinski definition) is 6. The lowest BCUT2D eigenvalue weighted by atomic mass is 10.2. The minimum Gasteiger partial charge on any atom is -0.489 e. The number of hydrogen-bond donors (Lipinski definition) is 1. The van der Waals surface area contributed by atoms with Crippen molar-refractivity contribution < 1.29 is 9.53 Å². The average Bonchev–Trinajstić information content (AvgIpc) is 2.63. The maximum atomic E-state index is 12.7. The van der Waals surface area contributed by atoms with Gasteiger partial charge in [-0.2, -0.15) is 0 Å². The summed E-state index contributed by atoms with van der Waals surface area (Å²) in [6, 6.07) is 9.02. The van der Waals surface area contributed by atoms with Gasteiger partial charge in [0.2, 0.25) is 5.95 Å². The molecule has 0 radical (unpaired) electrons. The van der Waals surface area contributed by atoms with E-state index < -0.39 is 0 Å². The Morgan fingerprint density at radius 1 is 1.15 bits per heavy atom. The lowest BCUT2D eigenvalue weighted by molar-refractivity contribution is 0.102. The molecule has 0 bridgehead atoms. The summed E-state index contributed by atoms with van der Waals surface area (Å²) < 4.78 is 5.75. The van der Waals surface area contributed by atoms with Gasteiger partial charge < -0.3 is 19.9 Å². The third-order valence-corrected chi connectivity index (χ3v) is 4.16. The Labute approximate surface area is 154 Å². The third-order valence-electron chi connectivity index (χ3n) is 4.16. The van der Waals surface area contributed by atoms with Crippen molar-refractivity contribution in [2.45, 2.75) is 20.0 Å². The van der Waals surface area contributed by atoms with Gasteiger partial charge in [-0.15, -0.1) is 0 Å². The summed E-state index contributed by atoms with van der Waals surface area (Å²) in [5, 5.41) is 2.89. The van der Waals surface area contributed by atoms with Crippen molar-refractivity contribution in [3.63, 3.8) is 0 Å². The van der Waals surface area contributed by atoms with Crippen LogP contribution in [0.1, 0.15) is 24.3 Å². The van der Waals surface area contributed by atoms with Gasteiger partial charge in [0.25, 0.3) is 5.91 Å². The average molecular weight is 355 g/mol. The Balaban J connectivity index is 1.74. The number of likely N-dealkylation sites (N-methyl/N-ethyl adjacent to an activating group) is 1. The molecule has 138 valence electrons. The van der Waals surface area contributed by atoms with Crippen molar-refractivity contribution in [1.29, 1.82) is 0 Å². The molecule has 0 unspecified atom stereocenters. The Morgan fingerprint density at radius 2 is 1.88 bits per heavy atom. The van der Waals surface area contributed by atoms with E-state index in [-0.39, 0.29) is 12.0 Å². The van der Waals surface area contributed by atoms with Crippen molar-refractivity contribution in [1.82, 2.24) is 14.9 Å². The fourth-order valence-corrected chi connectivity index (χ4v) is 2.75. The molecule has 26 heavy (non-hydrogen) atoms. The first kappa shape index (κ1) is 18.1. The summed E-state index contributed by atoms with van der Waals surface area (Å²) in [6.45, 7) is 7.52. The monoisotopic (exact) mass is 355 g/mol. The van der Waals surface area contributed by atoms with Crippen molar-refractivity contribution in [3.8, 4) is 5.75 Å². The molecule has 1 amide bonds. The van der Waals surface area contributed by atoms with Crippen LogP contribution in [-0.4, -0.2) is 60.1 Å². The van der Waals surface area contributed by atoms with Crippen LogP contribution in [0.3, 0.4) is 0 Å². The number of piperazine rings is 1. The van der Waals surface area contributed by atoms with Crippen LogP contribution in [0.4, 0.5) is 11.6 Å². The first-order valence-electron chi connectivity index (χ1n) is 8.86. The maximum absolute atomic E-state index is 12.7. The SMILES string of the molecule is CC(C)Oc1ccccc1NC(=O)c1ccnc(N2CCN(C)CC2)n1. The summed E-state index contributed by atoms with van der Waals surface area (Å²) in [4.78, 5) is 25.8. The van der Waals surface area contributed by atoms with E-state index in [2.05, 4.69) is 32.1 Å². The second-order valence-corrected chi connectivity index (χ2v) is 6.65.